The third kappa shape index (κ3) is 2.50. The van der Waals surface area contributed by atoms with Crippen molar-refractivity contribution in [2.45, 2.75) is 0 Å². The third-order valence-corrected chi connectivity index (χ3v) is 4.22. The Hall–Kier alpha value is -1.30. The van der Waals surface area contributed by atoms with Gasteiger partial charge in [0.15, 0.2) is 5.82 Å². The minimum absolute atomic E-state index is 0.0414. The molecule has 0 fully saturated rings. The second kappa shape index (κ2) is 5.48. The lowest BCUT2D eigenvalue weighted by atomic mass is 10.2. The molecule has 1 aromatic heterocycles. The number of aromatic nitrogens is 2. The fourth-order valence-corrected chi connectivity index (χ4v) is 3.03. The Morgan fingerprint density at radius 2 is 1.71 bits per heavy atom. The molecule has 0 bridgehead atoms. The van der Waals surface area contributed by atoms with Crippen molar-refractivity contribution in [3.8, 4) is 11.4 Å². The van der Waals surface area contributed by atoms with E-state index in [9.17, 15) is 8.78 Å². The lowest BCUT2D eigenvalue weighted by Gasteiger charge is -2.08. The molecule has 1 heterocycles. The van der Waals surface area contributed by atoms with E-state index in [0.29, 0.717) is 9.86 Å². The average Bonchev–Trinajstić information content (AvgIpc) is 2.45. The van der Waals surface area contributed by atoms with Crippen molar-refractivity contribution in [1.82, 2.24) is 9.97 Å². The summed E-state index contributed by atoms with van der Waals surface area (Å²) in [4.78, 5) is 8.20. The Labute approximate surface area is 136 Å². The second-order valence-electron chi connectivity index (χ2n) is 4.19. The lowest BCUT2D eigenvalue weighted by Crippen LogP contribution is -1.96. The van der Waals surface area contributed by atoms with Crippen LogP contribution in [0.15, 0.2) is 34.8 Å². The van der Waals surface area contributed by atoms with Gasteiger partial charge in [-0.1, -0.05) is 29.3 Å². The van der Waals surface area contributed by atoms with Crippen LogP contribution in [-0.4, -0.2) is 9.97 Å². The van der Waals surface area contributed by atoms with E-state index in [1.807, 2.05) is 0 Å². The maximum Gasteiger partial charge on any atom is 0.163 e. The first-order valence-corrected chi connectivity index (χ1v) is 7.29. The van der Waals surface area contributed by atoms with Crippen molar-refractivity contribution in [1.29, 1.82) is 0 Å². The van der Waals surface area contributed by atoms with E-state index in [-0.39, 0.29) is 27.1 Å². The van der Waals surface area contributed by atoms with Gasteiger partial charge in [-0.05, 0) is 40.2 Å². The zero-order chi connectivity index (χ0) is 15.1. The van der Waals surface area contributed by atoms with Crippen LogP contribution in [0, 0.1) is 11.6 Å². The molecule has 0 aliphatic heterocycles. The van der Waals surface area contributed by atoms with Crippen molar-refractivity contribution < 1.29 is 8.78 Å². The van der Waals surface area contributed by atoms with Crippen LogP contribution in [0.25, 0.3) is 22.3 Å². The Morgan fingerprint density at radius 3 is 2.48 bits per heavy atom. The summed E-state index contributed by atoms with van der Waals surface area (Å²) in [5, 5.41) is 0.276. The highest BCUT2D eigenvalue weighted by Crippen LogP contribution is 2.34. The number of hydrogen-bond donors (Lipinski definition) is 0. The van der Waals surface area contributed by atoms with Crippen molar-refractivity contribution in [2.75, 3.05) is 0 Å². The molecule has 0 amide bonds. The predicted octanol–water partition coefficient (Wildman–Crippen LogP) is 5.64. The highest BCUT2D eigenvalue weighted by Gasteiger charge is 2.16. The molecular formula is C14H5BrCl2F2N2. The topological polar surface area (TPSA) is 25.8 Å². The Bertz CT molecular complexity index is 871. The molecule has 0 saturated heterocycles. The molecule has 0 saturated carbocycles. The number of hydrogen-bond acceptors (Lipinski definition) is 2. The van der Waals surface area contributed by atoms with Gasteiger partial charge in [-0.2, -0.15) is 0 Å². The summed E-state index contributed by atoms with van der Waals surface area (Å²) in [7, 11) is 0. The van der Waals surface area contributed by atoms with Gasteiger partial charge in [-0.15, -0.1) is 0 Å². The standard InChI is InChI=1S/C14H5BrCl2F2N2/c15-7-4-5-9(19)12-10(7)13(17)21-14(20-12)6-2-1-3-8(18)11(6)16/h1-5H. The Balaban J connectivity index is 2.36. The molecule has 21 heavy (non-hydrogen) atoms. The predicted molar refractivity (Wildman–Crippen MR) is 82.6 cm³/mol. The van der Waals surface area contributed by atoms with Crippen molar-refractivity contribution in [2.24, 2.45) is 0 Å². The largest absolute Gasteiger partial charge is 0.225 e. The van der Waals surface area contributed by atoms with E-state index in [1.54, 1.807) is 6.07 Å². The summed E-state index contributed by atoms with van der Waals surface area (Å²) < 4.78 is 28.0. The molecule has 0 radical (unpaired) electrons. The summed E-state index contributed by atoms with van der Waals surface area (Å²) in [6, 6.07) is 6.99. The van der Waals surface area contributed by atoms with Crippen molar-refractivity contribution in [3.05, 3.63) is 56.6 Å². The lowest BCUT2D eigenvalue weighted by molar-refractivity contribution is 0.628. The van der Waals surface area contributed by atoms with Gasteiger partial charge in [-0.3, -0.25) is 0 Å². The van der Waals surface area contributed by atoms with E-state index in [0.717, 1.165) is 0 Å². The van der Waals surface area contributed by atoms with Crippen LogP contribution >= 0.6 is 39.1 Å². The van der Waals surface area contributed by atoms with Gasteiger partial charge in [0.2, 0.25) is 0 Å². The molecular weight excluding hydrogens is 385 g/mol. The molecule has 2 aromatic carbocycles. The molecule has 2 nitrogen and oxygen atoms in total. The van der Waals surface area contributed by atoms with Gasteiger partial charge in [0, 0.05) is 10.0 Å². The molecule has 0 atom stereocenters. The van der Waals surface area contributed by atoms with E-state index < -0.39 is 11.6 Å². The fourth-order valence-electron chi connectivity index (χ4n) is 1.92. The Kier molecular flexibility index (Phi) is 3.82. The van der Waals surface area contributed by atoms with E-state index in [2.05, 4.69) is 25.9 Å². The fraction of sp³-hybridized carbons (Fsp3) is 0. The minimum Gasteiger partial charge on any atom is -0.225 e. The molecule has 7 heteroatoms. The summed E-state index contributed by atoms with van der Waals surface area (Å²) in [5.41, 5.74) is 0.291. The van der Waals surface area contributed by atoms with Gasteiger partial charge in [0.25, 0.3) is 0 Å². The third-order valence-electron chi connectivity index (χ3n) is 2.90. The van der Waals surface area contributed by atoms with Crippen LogP contribution in [0.5, 0.6) is 0 Å². The quantitative estimate of drug-likeness (QED) is 0.503. The van der Waals surface area contributed by atoms with E-state index in [4.69, 9.17) is 23.2 Å². The first-order chi connectivity index (χ1) is 9.99. The monoisotopic (exact) mass is 388 g/mol. The van der Waals surface area contributed by atoms with Gasteiger partial charge in [0.1, 0.15) is 22.3 Å². The van der Waals surface area contributed by atoms with Crippen LogP contribution in [0.3, 0.4) is 0 Å². The second-order valence-corrected chi connectivity index (χ2v) is 5.78. The highest BCUT2D eigenvalue weighted by molar-refractivity contribution is 9.10. The Morgan fingerprint density at radius 1 is 0.952 bits per heavy atom. The minimum atomic E-state index is -0.608. The van der Waals surface area contributed by atoms with Crippen LogP contribution < -0.4 is 0 Å². The van der Waals surface area contributed by atoms with Crippen LogP contribution in [-0.2, 0) is 0 Å². The number of halogens is 5. The highest BCUT2D eigenvalue weighted by atomic mass is 79.9. The SMILES string of the molecule is Fc1cccc(-c2nc(Cl)c3c(Br)ccc(F)c3n2)c1Cl. The molecule has 3 rings (SSSR count). The van der Waals surface area contributed by atoms with Gasteiger partial charge < -0.3 is 0 Å². The zero-order valence-corrected chi connectivity index (χ0v) is 13.3. The first-order valence-electron chi connectivity index (χ1n) is 5.74. The molecule has 3 aromatic rings. The van der Waals surface area contributed by atoms with Crippen LogP contribution in [0.1, 0.15) is 0 Å². The number of fused-ring (bicyclic) bond motifs is 1. The average molecular weight is 390 g/mol. The molecule has 0 spiro atoms. The number of rotatable bonds is 1. The number of benzene rings is 2. The summed E-state index contributed by atoms with van der Waals surface area (Å²) in [5.74, 6) is -1.09. The van der Waals surface area contributed by atoms with Crippen molar-refractivity contribution >= 4 is 50.0 Å². The number of nitrogens with zero attached hydrogens (tertiary/aromatic N) is 2. The smallest absolute Gasteiger partial charge is 0.163 e. The van der Waals surface area contributed by atoms with Crippen LogP contribution in [0.2, 0.25) is 10.2 Å². The molecule has 106 valence electrons. The molecule has 0 N–H and O–H groups in total. The summed E-state index contributed by atoms with van der Waals surface area (Å²) in [6.07, 6.45) is 0. The molecule has 0 aliphatic rings. The van der Waals surface area contributed by atoms with Gasteiger partial charge in [-0.25, -0.2) is 18.7 Å². The summed E-state index contributed by atoms with van der Waals surface area (Å²) >= 11 is 15.3. The maximum absolute atomic E-state index is 13.9. The van der Waals surface area contributed by atoms with E-state index in [1.165, 1.54) is 24.3 Å². The first kappa shape index (κ1) is 14.6. The maximum atomic E-state index is 13.9. The van der Waals surface area contributed by atoms with Gasteiger partial charge in [0.05, 0.1) is 10.4 Å². The van der Waals surface area contributed by atoms with E-state index >= 15 is 0 Å². The van der Waals surface area contributed by atoms with Crippen molar-refractivity contribution in [3.63, 3.8) is 0 Å². The normalized spacial score (nSPS) is 11.1. The van der Waals surface area contributed by atoms with Crippen LogP contribution in [0.4, 0.5) is 8.78 Å². The molecule has 0 unspecified atom stereocenters. The summed E-state index contributed by atoms with van der Waals surface area (Å²) in [6.45, 7) is 0. The molecule has 0 aliphatic carbocycles. The van der Waals surface area contributed by atoms with Gasteiger partial charge >= 0.3 is 0 Å². The zero-order valence-electron chi connectivity index (χ0n) is 10.2.